The number of esters is 1. The van der Waals surface area contributed by atoms with Gasteiger partial charge in [0, 0.05) is 42.6 Å². The van der Waals surface area contributed by atoms with Gasteiger partial charge in [-0.2, -0.15) is 5.10 Å². The third-order valence-electron chi connectivity index (χ3n) is 4.37. The maximum Gasteiger partial charge on any atom is 0.331 e. The zero-order valence-electron chi connectivity index (χ0n) is 17.4. The average molecular weight is 419 g/mol. The number of amides is 1. The van der Waals surface area contributed by atoms with E-state index >= 15 is 0 Å². The Morgan fingerprint density at radius 3 is 2.48 bits per heavy atom. The molecule has 0 aliphatic carbocycles. The fourth-order valence-electron chi connectivity index (χ4n) is 2.95. The van der Waals surface area contributed by atoms with E-state index in [1.807, 2.05) is 24.3 Å². The van der Waals surface area contributed by atoms with Crippen LogP contribution < -0.4 is 10.2 Å². The van der Waals surface area contributed by atoms with Gasteiger partial charge in [-0.25, -0.2) is 4.79 Å². The lowest BCUT2D eigenvalue weighted by atomic mass is 10.2. The van der Waals surface area contributed by atoms with Gasteiger partial charge in [0.15, 0.2) is 6.61 Å². The van der Waals surface area contributed by atoms with Crippen molar-refractivity contribution >= 4 is 40.9 Å². The molecule has 1 N–H and O–H groups in total. The predicted octanol–water partition coefficient (Wildman–Crippen LogP) is 3.81. The Bertz CT molecular complexity index is 888. The standard InChI is InChI=1S/C21H27ClN4O3/c1-6-26(14(2)3)17-9-7-16(8-10-17)23-19(27)13-29-20(28)12-11-18-15(4)24-25(5)21(18)22/h7-12,14H,6,13H2,1-5H3,(H,23,27)/b12-11+. The van der Waals surface area contributed by atoms with E-state index in [1.165, 1.54) is 16.8 Å². The van der Waals surface area contributed by atoms with Crippen LogP contribution in [0.5, 0.6) is 0 Å². The summed E-state index contributed by atoms with van der Waals surface area (Å²) in [6.45, 7) is 8.67. The summed E-state index contributed by atoms with van der Waals surface area (Å²) in [6, 6.07) is 7.94. The Kier molecular flexibility index (Phi) is 7.84. The number of anilines is 2. The lowest BCUT2D eigenvalue weighted by Gasteiger charge is -2.27. The number of aromatic nitrogens is 2. The van der Waals surface area contributed by atoms with Gasteiger partial charge in [0.05, 0.1) is 5.69 Å². The first-order valence-electron chi connectivity index (χ1n) is 9.43. The van der Waals surface area contributed by atoms with Gasteiger partial charge in [-0.1, -0.05) is 11.6 Å². The van der Waals surface area contributed by atoms with E-state index in [0.717, 1.165) is 12.2 Å². The molecule has 1 aromatic heterocycles. The first-order valence-corrected chi connectivity index (χ1v) is 9.81. The van der Waals surface area contributed by atoms with Gasteiger partial charge in [-0.05, 0) is 58.0 Å². The zero-order valence-corrected chi connectivity index (χ0v) is 18.2. The van der Waals surface area contributed by atoms with Gasteiger partial charge in [-0.3, -0.25) is 9.48 Å². The highest BCUT2D eigenvalue weighted by atomic mass is 35.5. The van der Waals surface area contributed by atoms with Crippen molar-refractivity contribution in [2.45, 2.75) is 33.7 Å². The second kappa shape index (κ2) is 10.1. The van der Waals surface area contributed by atoms with Gasteiger partial charge < -0.3 is 15.0 Å². The van der Waals surface area contributed by atoms with Gasteiger partial charge in [0.25, 0.3) is 5.91 Å². The minimum atomic E-state index is -0.634. The zero-order chi connectivity index (χ0) is 21.6. The summed E-state index contributed by atoms with van der Waals surface area (Å²) in [5.41, 5.74) is 3.06. The quantitative estimate of drug-likeness (QED) is 0.521. The normalized spacial score (nSPS) is 11.1. The summed E-state index contributed by atoms with van der Waals surface area (Å²) in [5, 5.41) is 7.29. The molecule has 0 aliphatic rings. The fraction of sp³-hybridized carbons (Fsp3) is 0.381. The van der Waals surface area contributed by atoms with Crippen molar-refractivity contribution in [3.05, 3.63) is 46.8 Å². The number of carbonyl (C=O) groups is 2. The van der Waals surface area contributed by atoms with Crippen molar-refractivity contribution in [1.29, 1.82) is 0 Å². The Morgan fingerprint density at radius 2 is 1.97 bits per heavy atom. The van der Waals surface area contributed by atoms with E-state index in [1.54, 1.807) is 14.0 Å². The molecule has 0 atom stereocenters. The molecule has 1 amide bonds. The molecule has 2 rings (SSSR count). The van der Waals surface area contributed by atoms with Crippen LogP contribution in [0.4, 0.5) is 11.4 Å². The Labute approximate surface area is 176 Å². The number of carbonyl (C=O) groups excluding carboxylic acids is 2. The van der Waals surface area contributed by atoms with Crippen LogP contribution in [-0.4, -0.2) is 40.9 Å². The molecule has 0 bridgehead atoms. The van der Waals surface area contributed by atoms with Crippen LogP contribution >= 0.6 is 11.6 Å². The highest BCUT2D eigenvalue weighted by molar-refractivity contribution is 6.31. The number of benzene rings is 1. The number of rotatable bonds is 8. The first-order chi connectivity index (χ1) is 13.7. The van der Waals surface area contributed by atoms with Crippen LogP contribution in [0.25, 0.3) is 6.08 Å². The lowest BCUT2D eigenvalue weighted by molar-refractivity contribution is -0.142. The topological polar surface area (TPSA) is 76.5 Å². The molecule has 8 heteroatoms. The summed E-state index contributed by atoms with van der Waals surface area (Å²) in [6.07, 6.45) is 2.75. The van der Waals surface area contributed by atoms with Crippen LogP contribution in [0.1, 0.15) is 32.0 Å². The largest absolute Gasteiger partial charge is 0.452 e. The average Bonchev–Trinajstić information content (AvgIpc) is 2.91. The highest BCUT2D eigenvalue weighted by Gasteiger charge is 2.11. The molecule has 0 spiro atoms. The number of aryl methyl sites for hydroxylation is 2. The van der Waals surface area contributed by atoms with Crippen molar-refractivity contribution in [3.8, 4) is 0 Å². The van der Waals surface area contributed by atoms with Crippen molar-refractivity contribution in [3.63, 3.8) is 0 Å². The molecule has 29 heavy (non-hydrogen) atoms. The number of hydrogen-bond acceptors (Lipinski definition) is 5. The van der Waals surface area contributed by atoms with Crippen molar-refractivity contribution in [1.82, 2.24) is 9.78 Å². The lowest BCUT2D eigenvalue weighted by Crippen LogP contribution is -2.30. The minimum Gasteiger partial charge on any atom is -0.452 e. The van der Waals surface area contributed by atoms with Crippen molar-refractivity contribution in [2.24, 2.45) is 7.05 Å². The molecule has 156 valence electrons. The molecule has 1 aromatic carbocycles. The molecule has 7 nitrogen and oxygen atoms in total. The number of nitrogens with zero attached hydrogens (tertiary/aromatic N) is 3. The number of ether oxygens (including phenoxy) is 1. The Morgan fingerprint density at radius 1 is 1.31 bits per heavy atom. The number of nitrogens with one attached hydrogen (secondary N) is 1. The summed E-state index contributed by atoms with van der Waals surface area (Å²) in [5.74, 6) is -1.04. The maximum absolute atomic E-state index is 12.0. The van der Waals surface area contributed by atoms with E-state index in [9.17, 15) is 9.59 Å². The number of hydrogen-bond donors (Lipinski definition) is 1. The SMILES string of the molecule is CCN(c1ccc(NC(=O)COC(=O)/C=C/c2c(C)nn(C)c2Cl)cc1)C(C)C. The first kappa shape index (κ1) is 22.5. The van der Waals surface area contributed by atoms with Gasteiger partial charge in [-0.15, -0.1) is 0 Å². The predicted molar refractivity (Wildman–Crippen MR) is 116 cm³/mol. The molecule has 2 aromatic rings. The molecule has 0 saturated heterocycles. The fourth-order valence-corrected chi connectivity index (χ4v) is 3.19. The third-order valence-corrected chi connectivity index (χ3v) is 4.82. The van der Waals surface area contributed by atoms with E-state index in [-0.39, 0.29) is 6.61 Å². The number of halogens is 1. The van der Waals surface area contributed by atoms with Crippen LogP contribution in [-0.2, 0) is 21.4 Å². The molecule has 0 unspecified atom stereocenters. The Hall–Kier alpha value is -2.80. The second-order valence-electron chi connectivity index (χ2n) is 6.83. The van der Waals surface area contributed by atoms with Crippen molar-refractivity contribution in [2.75, 3.05) is 23.4 Å². The van der Waals surface area contributed by atoms with Crippen LogP contribution in [0, 0.1) is 6.92 Å². The smallest absolute Gasteiger partial charge is 0.331 e. The maximum atomic E-state index is 12.0. The van der Waals surface area contributed by atoms with Gasteiger partial charge in [0.2, 0.25) is 0 Å². The summed E-state index contributed by atoms with van der Waals surface area (Å²) in [7, 11) is 1.71. The van der Waals surface area contributed by atoms with Crippen LogP contribution in [0.2, 0.25) is 5.15 Å². The Balaban J connectivity index is 1.86. The molecule has 0 radical (unpaired) electrons. The third kappa shape index (κ3) is 6.09. The molecule has 0 fully saturated rings. The van der Waals surface area contributed by atoms with Crippen molar-refractivity contribution < 1.29 is 14.3 Å². The van der Waals surface area contributed by atoms with Crippen LogP contribution in [0.15, 0.2) is 30.3 Å². The summed E-state index contributed by atoms with van der Waals surface area (Å²) >= 11 is 6.10. The molecular weight excluding hydrogens is 392 g/mol. The van der Waals surface area contributed by atoms with Crippen LogP contribution in [0.3, 0.4) is 0 Å². The van der Waals surface area contributed by atoms with E-state index in [2.05, 4.69) is 36.1 Å². The minimum absolute atomic E-state index is 0.377. The van der Waals surface area contributed by atoms with Gasteiger partial charge >= 0.3 is 5.97 Å². The molecule has 1 heterocycles. The summed E-state index contributed by atoms with van der Waals surface area (Å²) in [4.78, 5) is 26.1. The highest BCUT2D eigenvalue weighted by Crippen LogP contribution is 2.21. The molecular formula is C21H27ClN4O3. The summed E-state index contributed by atoms with van der Waals surface area (Å²) < 4.78 is 6.49. The van der Waals surface area contributed by atoms with E-state index in [0.29, 0.717) is 28.1 Å². The molecule has 0 aliphatic heterocycles. The van der Waals surface area contributed by atoms with E-state index < -0.39 is 11.9 Å². The van der Waals surface area contributed by atoms with Gasteiger partial charge in [0.1, 0.15) is 5.15 Å². The van der Waals surface area contributed by atoms with E-state index in [4.69, 9.17) is 16.3 Å². The monoisotopic (exact) mass is 418 g/mol. The second-order valence-corrected chi connectivity index (χ2v) is 7.19. The molecule has 0 saturated carbocycles.